The third-order valence-corrected chi connectivity index (χ3v) is 16.0. The van der Waals surface area contributed by atoms with Crippen LogP contribution < -0.4 is 38.5 Å². The van der Waals surface area contributed by atoms with Crippen LogP contribution in [0.4, 0.5) is 6.01 Å². The predicted molar refractivity (Wildman–Crippen MR) is 287 cm³/mol. The Kier molecular flexibility index (Phi) is 14.0. The zero-order valence-electron chi connectivity index (χ0n) is 44.7. The molecule has 0 unspecified atom stereocenters. The Morgan fingerprint density at radius 2 is 1.24 bits per heavy atom. The number of anilines is 1. The van der Waals surface area contributed by atoms with Crippen molar-refractivity contribution >= 4 is 6.01 Å². The molecule has 2 aliphatic heterocycles. The van der Waals surface area contributed by atoms with Crippen molar-refractivity contribution in [3.8, 4) is 46.3 Å². The minimum absolute atomic E-state index is 0.0793. The smallest absolute Gasteiger partial charge is 0.412 e. The maximum atomic E-state index is 13.5. The molecule has 2 fully saturated rings. The van der Waals surface area contributed by atoms with Crippen molar-refractivity contribution in [3.05, 3.63) is 185 Å². The van der Waals surface area contributed by atoms with Gasteiger partial charge in [0.2, 0.25) is 11.8 Å². The first-order chi connectivity index (χ1) is 38.8. The van der Waals surface area contributed by atoms with E-state index < -0.39 is 64.4 Å². The Morgan fingerprint density at radius 3 is 1.82 bits per heavy atom. The average Bonchev–Trinajstić information content (AvgIpc) is 3.88. The summed E-state index contributed by atoms with van der Waals surface area (Å²) in [5.74, 6) is -1.36. The van der Waals surface area contributed by atoms with Crippen LogP contribution in [0.1, 0.15) is 83.5 Å². The molecule has 0 amide bonds. The van der Waals surface area contributed by atoms with Crippen molar-refractivity contribution in [3.63, 3.8) is 0 Å². The van der Waals surface area contributed by atoms with E-state index in [4.69, 9.17) is 46.7 Å². The molecule has 7 aromatic rings. The Balaban J connectivity index is 0.874. The standard InChI is InChI=1S/C60H61N5O15/c1-8-26-61-55-64-62-53(77-55)45-47(34-16-12-10-13-17-34)59(57(69,51(45)66)49-41(73-6)29-39(71-4)31-43(49)79-59)33(3)20-23-37(9-2)75-27-28-76-38-24-21-36(22-25-38)60-48(35-18-14-11-15-19-35)46(54-63-65-56(68)78-54)52(67)58(60,70)50-42(74-7)30-40(72-5)32-44(50)80-60/h9-25,29-32,45-48,51-52,66-67,69-70H,3,8,26-28H2,1-2,4-7H3,(H,61,64)(H,65,68)/b23-20-,37-9+/t45-,46-,47-,48-,51-,52-,57+,58+,59+,60+/m1/s1. The van der Waals surface area contributed by atoms with Crippen LogP contribution in [-0.2, 0) is 21.5 Å². The molecule has 0 bridgehead atoms. The molecular formula is C60H61N5O15. The van der Waals surface area contributed by atoms with Gasteiger partial charge in [-0.25, -0.2) is 0 Å². The van der Waals surface area contributed by atoms with Gasteiger partial charge in [-0.1, -0.05) is 103 Å². The molecule has 4 heterocycles. The molecule has 0 saturated heterocycles. The van der Waals surface area contributed by atoms with E-state index in [1.54, 1.807) is 66.8 Å². The fourth-order valence-corrected chi connectivity index (χ4v) is 12.6. The Morgan fingerprint density at radius 1 is 0.662 bits per heavy atom. The third kappa shape index (κ3) is 8.02. The predicted octanol–water partition coefficient (Wildman–Crippen LogP) is 7.80. The summed E-state index contributed by atoms with van der Waals surface area (Å²) in [5, 5.41) is 82.0. The van der Waals surface area contributed by atoms with Gasteiger partial charge in [0.25, 0.3) is 0 Å². The number of fused-ring (bicyclic) bond motifs is 6. The monoisotopic (exact) mass is 1090 g/mol. The number of benzene rings is 5. The van der Waals surface area contributed by atoms with E-state index in [1.807, 2.05) is 74.5 Å². The molecule has 416 valence electrons. The highest BCUT2D eigenvalue weighted by atomic mass is 16.6. The summed E-state index contributed by atoms with van der Waals surface area (Å²) in [4.78, 5) is 0. The number of aliphatic hydroxyl groups excluding tert-OH is 2. The molecule has 11 rings (SSSR count). The van der Waals surface area contributed by atoms with Gasteiger partial charge in [0.1, 0.15) is 71.4 Å². The van der Waals surface area contributed by atoms with Crippen molar-refractivity contribution in [2.24, 2.45) is 0 Å². The molecule has 20 heteroatoms. The van der Waals surface area contributed by atoms with Gasteiger partial charge in [0.15, 0.2) is 22.4 Å². The highest BCUT2D eigenvalue weighted by Crippen LogP contribution is 2.73. The quantitative estimate of drug-likeness (QED) is 0.0241. The van der Waals surface area contributed by atoms with Gasteiger partial charge >= 0.3 is 12.1 Å². The SMILES string of the molecule is C=C(/C=C\C(=C/C)OCCOc1ccc([C@@]23Oc4cc(OC)cc(OC)c4[C@]2(O)[C@H](O)[C@H](c2nnc(O)o2)[C@H]3c2ccccc2)cc1)[C@@]12Oc3cc(OC)cc(OC)c3[C@]1(O)[C@H](O)[C@H](c1nnc(NCCC)o1)[C@H]2c1ccccc1. The van der Waals surface area contributed by atoms with Crippen molar-refractivity contribution in [1.82, 2.24) is 20.4 Å². The van der Waals surface area contributed by atoms with Crippen LogP contribution in [-0.4, -0.2) is 112 Å². The summed E-state index contributed by atoms with van der Waals surface area (Å²) < 4.78 is 61.2. The van der Waals surface area contributed by atoms with Crippen LogP contribution in [0.5, 0.6) is 46.3 Å². The summed E-state index contributed by atoms with van der Waals surface area (Å²) in [7, 11) is 5.92. The first kappa shape index (κ1) is 53.4. The Bertz CT molecular complexity index is 3460. The number of aromatic nitrogens is 4. The summed E-state index contributed by atoms with van der Waals surface area (Å²) in [6.45, 7) is 9.09. The number of allylic oxidation sites excluding steroid dienone is 2. The van der Waals surface area contributed by atoms with E-state index >= 15 is 0 Å². The largest absolute Gasteiger partial charge is 0.496 e. The van der Waals surface area contributed by atoms with Crippen LogP contribution in [0.3, 0.4) is 0 Å². The van der Waals surface area contributed by atoms with Crippen LogP contribution in [0.2, 0.25) is 0 Å². The molecule has 2 aromatic heterocycles. The lowest BCUT2D eigenvalue weighted by molar-refractivity contribution is -0.151. The summed E-state index contributed by atoms with van der Waals surface area (Å²) in [5.41, 5.74) is -5.54. The summed E-state index contributed by atoms with van der Waals surface area (Å²) >= 11 is 0. The van der Waals surface area contributed by atoms with Crippen LogP contribution in [0.25, 0.3) is 0 Å². The van der Waals surface area contributed by atoms with Crippen LogP contribution >= 0.6 is 0 Å². The number of aliphatic hydroxyl groups is 4. The highest BCUT2D eigenvalue weighted by Gasteiger charge is 2.79. The third-order valence-electron chi connectivity index (χ3n) is 16.0. The fourth-order valence-electron chi connectivity index (χ4n) is 12.6. The van der Waals surface area contributed by atoms with Gasteiger partial charge < -0.3 is 77.6 Å². The Labute approximate surface area is 460 Å². The lowest BCUT2D eigenvalue weighted by Crippen LogP contribution is -2.55. The zero-order chi connectivity index (χ0) is 56.1. The number of hydrogen-bond donors (Lipinski definition) is 6. The van der Waals surface area contributed by atoms with Gasteiger partial charge in [-0.3, -0.25) is 0 Å². The van der Waals surface area contributed by atoms with Crippen LogP contribution in [0, 0.1) is 0 Å². The van der Waals surface area contributed by atoms with E-state index in [0.717, 1.165) is 6.42 Å². The van der Waals surface area contributed by atoms with Crippen molar-refractivity contribution in [2.45, 2.75) is 78.6 Å². The summed E-state index contributed by atoms with van der Waals surface area (Å²) in [6.07, 6.45) is 1.99. The Hall–Kier alpha value is -8.56. The first-order valence-corrected chi connectivity index (χ1v) is 26.1. The number of aromatic hydroxyl groups is 1. The normalized spacial score (nSPS) is 27.1. The van der Waals surface area contributed by atoms with E-state index in [0.29, 0.717) is 46.2 Å². The number of methoxy groups -OCH3 is 4. The minimum atomic E-state index is -2.22. The maximum Gasteiger partial charge on any atom is 0.412 e. The first-order valence-electron chi connectivity index (χ1n) is 26.1. The molecule has 2 saturated carbocycles. The molecule has 2 aliphatic carbocycles. The second-order valence-corrected chi connectivity index (χ2v) is 19.9. The van der Waals surface area contributed by atoms with E-state index in [2.05, 4.69) is 32.3 Å². The topological polar surface area (TPSA) is 265 Å². The molecular weight excluding hydrogens is 1030 g/mol. The molecule has 0 radical (unpaired) electrons. The molecule has 6 N–H and O–H groups in total. The van der Waals surface area contributed by atoms with E-state index in [1.165, 1.54) is 28.4 Å². The molecule has 80 heavy (non-hydrogen) atoms. The van der Waals surface area contributed by atoms with Crippen molar-refractivity contribution < 1.29 is 72.3 Å². The number of nitrogens with one attached hydrogen (secondary N) is 1. The second-order valence-electron chi connectivity index (χ2n) is 19.9. The summed E-state index contributed by atoms with van der Waals surface area (Å²) in [6, 6.07) is 32.2. The number of hydrogen-bond acceptors (Lipinski definition) is 20. The number of ether oxygens (including phenoxy) is 8. The van der Waals surface area contributed by atoms with E-state index in [9.17, 15) is 25.5 Å². The molecule has 10 atom stereocenters. The average molecular weight is 1090 g/mol. The zero-order valence-corrected chi connectivity index (χ0v) is 44.7. The lowest BCUT2D eigenvalue weighted by Gasteiger charge is -2.41. The van der Waals surface area contributed by atoms with Crippen LogP contribution in [0.15, 0.2) is 154 Å². The van der Waals surface area contributed by atoms with Crippen molar-refractivity contribution in [2.75, 3.05) is 53.5 Å². The lowest BCUT2D eigenvalue weighted by atomic mass is 9.70. The van der Waals surface area contributed by atoms with Gasteiger partial charge in [-0.2, -0.15) is 0 Å². The fraction of sp³-hybridized carbons (Fsp3) is 0.333. The van der Waals surface area contributed by atoms with Crippen molar-refractivity contribution in [1.29, 1.82) is 0 Å². The number of nitrogens with zero attached hydrogens (tertiary/aromatic N) is 4. The van der Waals surface area contributed by atoms with Gasteiger partial charge in [0, 0.05) is 42.6 Å². The molecule has 5 aromatic carbocycles. The minimum Gasteiger partial charge on any atom is -0.496 e. The van der Waals surface area contributed by atoms with Gasteiger partial charge in [-0.15, -0.1) is 10.2 Å². The molecule has 20 nitrogen and oxygen atoms in total. The van der Waals surface area contributed by atoms with Gasteiger partial charge in [-0.05, 0) is 59.9 Å². The maximum absolute atomic E-state index is 13.5. The molecule has 0 spiro atoms. The van der Waals surface area contributed by atoms with Gasteiger partial charge in [0.05, 0.1) is 51.4 Å². The molecule has 4 aliphatic rings. The van der Waals surface area contributed by atoms with E-state index in [-0.39, 0.29) is 70.7 Å². The highest BCUT2D eigenvalue weighted by molar-refractivity contribution is 5.66. The number of rotatable bonds is 20. The second kappa shape index (κ2) is 20.9.